The second kappa shape index (κ2) is 2.21. The number of carbonyl (C=O) groups excluding carboxylic acids is 1. The summed E-state index contributed by atoms with van der Waals surface area (Å²) in [6, 6.07) is 0. The van der Waals surface area contributed by atoms with E-state index in [0.717, 1.165) is 19.3 Å². The molecule has 3 atom stereocenters. The smallest absolute Gasteiger partial charge is 0.227 e. The van der Waals surface area contributed by atoms with Gasteiger partial charge in [-0.05, 0) is 30.9 Å². The van der Waals surface area contributed by atoms with Crippen LogP contribution in [0.2, 0.25) is 0 Å². The van der Waals surface area contributed by atoms with E-state index in [1.54, 1.807) is 0 Å². The molecule has 0 N–H and O–H groups in total. The van der Waals surface area contributed by atoms with Crippen LogP contribution in [0.1, 0.15) is 19.3 Å². The Hall–Kier alpha value is -0.0800. The molecule has 2 nitrogen and oxygen atoms in total. The summed E-state index contributed by atoms with van der Waals surface area (Å²) in [6.07, 6.45) is 3.47. The lowest BCUT2D eigenvalue weighted by Gasteiger charge is -2.12. The molecule has 3 unspecified atom stereocenters. The highest BCUT2D eigenvalue weighted by atomic mass is 35.5. The van der Waals surface area contributed by atoms with Crippen LogP contribution in [0.5, 0.6) is 0 Å². The molecule has 10 heavy (non-hydrogen) atoms. The van der Waals surface area contributed by atoms with Gasteiger partial charge in [-0.15, -0.1) is 0 Å². The first-order chi connectivity index (χ1) is 4.77. The van der Waals surface area contributed by atoms with E-state index < -0.39 is 0 Å². The monoisotopic (exact) mass is 160 g/mol. The number of hydrogen-bond acceptors (Lipinski definition) is 2. The Labute approximate surface area is 64.5 Å². The summed E-state index contributed by atoms with van der Waals surface area (Å²) >= 11 is 5.36. The summed E-state index contributed by atoms with van der Waals surface area (Å²) in [5, 5.41) is -0.216. The Morgan fingerprint density at radius 2 is 2.30 bits per heavy atom. The fraction of sp³-hybridized carbons (Fsp3) is 0.857. The number of hydrogen-bond donors (Lipinski definition) is 0. The van der Waals surface area contributed by atoms with Crippen LogP contribution < -0.4 is 0 Å². The second-order valence-corrected chi connectivity index (χ2v) is 3.39. The lowest BCUT2D eigenvalue weighted by atomic mass is 9.90. The van der Waals surface area contributed by atoms with Gasteiger partial charge in [-0.2, -0.15) is 0 Å². The second-order valence-electron chi connectivity index (χ2n) is 3.02. The van der Waals surface area contributed by atoms with Crippen LogP contribution in [-0.4, -0.2) is 17.5 Å². The molecule has 0 radical (unpaired) electrons. The van der Waals surface area contributed by atoms with Gasteiger partial charge in [0.15, 0.2) is 0 Å². The first kappa shape index (κ1) is 6.62. The highest BCUT2D eigenvalue weighted by molar-refractivity contribution is 6.64. The average Bonchev–Trinajstić information content (AvgIpc) is 2.44. The van der Waals surface area contributed by atoms with Gasteiger partial charge in [0.25, 0.3) is 0 Å². The van der Waals surface area contributed by atoms with Crippen molar-refractivity contribution in [2.45, 2.75) is 31.5 Å². The summed E-state index contributed by atoms with van der Waals surface area (Å²) in [6.45, 7) is 0. The van der Waals surface area contributed by atoms with Crippen molar-refractivity contribution in [3.63, 3.8) is 0 Å². The molecular formula is C7H9ClO2. The molecule has 0 aromatic heterocycles. The number of carbonyl (C=O) groups is 1. The molecule has 2 saturated heterocycles. The Bertz CT molecular complexity index is 169. The third-order valence-electron chi connectivity index (χ3n) is 2.40. The molecule has 0 aromatic carbocycles. The Morgan fingerprint density at radius 1 is 1.50 bits per heavy atom. The molecule has 0 aromatic rings. The molecule has 2 fully saturated rings. The van der Waals surface area contributed by atoms with Crippen molar-refractivity contribution < 1.29 is 9.53 Å². The highest BCUT2D eigenvalue weighted by Gasteiger charge is 2.43. The van der Waals surface area contributed by atoms with E-state index in [2.05, 4.69) is 0 Å². The lowest BCUT2D eigenvalue weighted by Crippen LogP contribution is -2.21. The predicted molar refractivity (Wildman–Crippen MR) is 36.9 cm³/mol. The van der Waals surface area contributed by atoms with Gasteiger partial charge < -0.3 is 4.74 Å². The third-order valence-corrected chi connectivity index (χ3v) is 2.68. The van der Waals surface area contributed by atoms with Crippen LogP contribution in [0.3, 0.4) is 0 Å². The number of halogens is 1. The molecule has 56 valence electrons. The van der Waals surface area contributed by atoms with Crippen LogP contribution >= 0.6 is 11.6 Å². The summed E-state index contributed by atoms with van der Waals surface area (Å²) in [5.74, 6) is 0.000386. The van der Waals surface area contributed by atoms with Crippen LogP contribution in [0.4, 0.5) is 0 Å². The highest BCUT2D eigenvalue weighted by Crippen LogP contribution is 2.39. The van der Waals surface area contributed by atoms with Gasteiger partial charge in [-0.3, -0.25) is 4.79 Å². The van der Waals surface area contributed by atoms with Gasteiger partial charge in [0, 0.05) is 0 Å². The maximum atomic E-state index is 10.7. The van der Waals surface area contributed by atoms with E-state index in [0.29, 0.717) is 6.10 Å². The summed E-state index contributed by atoms with van der Waals surface area (Å²) in [5.41, 5.74) is 0. The number of rotatable bonds is 1. The molecule has 2 heterocycles. The number of fused-ring (bicyclic) bond motifs is 2. The fourth-order valence-corrected chi connectivity index (χ4v) is 2.11. The minimum absolute atomic E-state index is 0.000386. The van der Waals surface area contributed by atoms with Gasteiger partial charge in [0.05, 0.1) is 18.1 Å². The maximum Gasteiger partial charge on any atom is 0.227 e. The van der Waals surface area contributed by atoms with Crippen molar-refractivity contribution in [1.29, 1.82) is 0 Å². The van der Waals surface area contributed by atoms with Crippen LogP contribution in [0.25, 0.3) is 0 Å². The Morgan fingerprint density at radius 3 is 2.60 bits per heavy atom. The van der Waals surface area contributed by atoms with E-state index in [1.165, 1.54) is 0 Å². The van der Waals surface area contributed by atoms with Gasteiger partial charge in [-0.25, -0.2) is 0 Å². The van der Waals surface area contributed by atoms with Crippen LogP contribution in [0, 0.1) is 5.92 Å². The maximum absolute atomic E-state index is 10.7. The summed E-state index contributed by atoms with van der Waals surface area (Å²) in [4.78, 5) is 10.7. The summed E-state index contributed by atoms with van der Waals surface area (Å²) in [7, 11) is 0. The quantitative estimate of drug-likeness (QED) is 0.541. The van der Waals surface area contributed by atoms with Gasteiger partial charge >= 0.3 is 0 Å². The van der Waals surface area contributed by atoms with E-state index >= 15 is 0 Å². The lowest BCUT2D eigenvalue weighted by molar-refractivity contribution is -0.116. The third kappa shape index (κ3) is 0.867. The molecule has 0 spiro atoms. The topological polar surface area (TPSA) is 26.3 Å². The number of ether oxygens (including phenoxy) is 1. The molecule has 0 aliphatic carbocycles. The van der Waals surface area contributed by atoms with E-state index in [4.69, 9.17) is 16.3 Å². The zero-order valence-electron chi connectivity index (χ0n) is 5.55. The first-order valence-corrected chi connectivity index (χ1v) is 4.00. The zero-order chi connectivity index (χ0) is 7.14. The van der Waals surface area contributed by atoms with E-state index in [9.17, 15) is 4.79 Å². The SMILES string of the molecule is O=C(Cl)C1CC2CCC1O2. The van der Waals surface area contributed by atoms with Gasteiger partial charge in [0.1, 0.15) is 0 Å². The molecule has 2 rings (SSSR count). The minimum Gasteiger partial charge on any atom is -0.374 e. The fourth-order valence-electron chi connectivity index (χ4n) is 1.88. The molecule has 0 saturated carbocycles. The van der Waals surface area contributed by atoms with Gasteiger partial charge in [-0.1, -0.05) is 0 Å². The molecule has 2 bridgehead atoms. The molecule has 3 heteroatoms. The van der Waals surface area contributed by atoms with Crippen LogP contribution in [0.15, 0.2) is 0 Å². The normalized spacial score (nSPS) is 44.3. The Balaban J connectivity index is 2.08. The predicted octanol–water partition coefficient (Wildman–Crippen LogP) is 1.32. The Kier molecular flexibility index (Phi) is 1.46. The van der Waals surface area contributed by atoms with Crippen molar-refractivity contribution in [3.05, 3.63) is 0 Å². The first-order valence-electron chi connectivity index (χ1n) is 3.62. The molecule has 2 aliphatic heterocycles. The van der Waals surface area contributed by atoms with Crippen molar-refractivity contribution in [2.24, 2.45) is 5.92 Å². The van der Waals surface area contributed by atoms with Crippen molar-refractivity contribution in [3.8, 4) is 0 Å². The van der Waals surface area contributed by atoms with E-state index in [-0.39, 0.29) is 17.3 Å². The molecule has 0 amide bonds. The van der Waals surface area contributed by atoms with Crippen molar-refractivity contribution in [1.82, 2.24) is 0 Å². The molecule has 2 aliphatic rings. The van der Waals surface area contributed by atoms with E-state index in [1.807, 2.05) is 0 Å². The van der Waals surface area contributed by atoms with Crippen molar-refractivity contribution >= 4 is 16.8 Å². The summed E-state index contributed by atoms with van der Waals surface area (Å²) < 4.78 is 5.44. The largest absolute Gasteiger partial charge is 0.374 e. The average molecular weight is 161 g/mol. The standard InChI is InChI=1S/C7H9ClO2/c8-7(9)5-3-4-1-2-6(5)10-4/h4-6H,1-3H2. The van der Waals surface area contributed by atoms with Crippen molar-refractivity contribution in [2.75, 3.05) is 0 Å². The minimum atomic E-state index is -0.216. The zero-order valence-corrected chi connectivity index (χ0v) is 6.30. The molecular weight excluding hydrogens is 152 g/mol. The van der Waals surface area contributed by atoms with Crippen LogP contribution in [-0.2, 0) is 9.53 Å². The van der Waals surface area contributed by atoms with Gasteiger partial charge in [0.2, 0.25) is 5.24 Å².